The second-order valence-electron chi connectivity index (χ2n) is 5.26. The average molecular weight is 335 g/mol. The Bertz CT molecular complexity index is 787. The van der Waals surface area contributed by atoms with Crippen LogP contribution in [0.4, 0.5) is 18.9 Å². The lowest BCUT2D eigenvalue weighted by Crippen LogP contribution is -2.40. The summed E-state index contributed by atoms with van der Waals surface area (Å²) in [6.45, 7) is 0. The summed E-state index contributed by atoms with van der Waals surface area (Å²) in [4.78, 5) is 4.16. The summed E-state index contributed by atoms with van der Waals surface area (Å²) in [5, 5.41) is 6.12. The molecule has 1 atom stereocenters. The van der Waals surface area contributed by atoms with Crippen LogP contribution in [0.15, 0.2) is 47.5 Å². The number of nitrogens with zero attached hydrogens (tertiary/aromatic N) is 1. The number of amidine groups is 1. The smallest absolute Gasteiger partial charge is 0.416 e. The summed E-state index contributed by atoms with van der Waals surface area (Å²) < 4.78 is 45.3. The molecule has 0 saturated carbocycles. The highest BCUT2D eigenvalue weighted by Gasteiger charge is 2.36. The zero-order chi connectivity index (χ0) is 17.3. The number of nitrogens with one attached hydrogen (secondary N) is 2. The molecule has 1 aliphatic rings. The molecule has 0 bridgehead atoms. The van der Waals surface area contributed by atoms with Gasteiger partial charge in [0, 0.05) is 18.2 Å². The third kappa shape index (κ3) is 2.77. The van der Waals surface area contributed by atoms with E-state index in [0.29, 0.717) is 17.3 Å². The van der Waals surface area contributed by atoms with Crippen LogP contribution in [0.2, 0.25) is 0 Å². The first-order valence-electron chi connectivity index (χ1n) is 7.29. The number of benzene rings is 2. The minimum absolute atomic E-state index is 0.0997. The third-order valence-electron chi connectivity index (χ3n) is 3.87. The fourth-order valence-corrected chi connectivity index (χ4v) is 2.79. The highest BCUT2D eigenvalue weighted by molar-refractivity contribution is 6.06. The molecule has 2 aromatic rings. The van der Waals surface area contributed by atoms with Crippen molar-refractivity contribution in [3.63, 3.8) is 0 Å². The molecule has 2 aromatic carbocycles. The first-order valence-corrected chi connectivity index (χ1v) is 7.29. The predicted molar refractivity (Wildman–Crippen MR) is 86.4 cm³/mol. The topological polar surface area (TPSA) is 45.7 Å². The van der Waals surface area contributed by atoms with E-state index in [9.17, 15) is 13.2 Å². The van der Waals surface area contributed by atoms with Gasteiger partial charge in [0.15, 0.2) is 0 Å². The Morgan fingerprint density at radius 1 is 1.04 bits per heavy atom. The molecule has 4 nitrogen and oxygen atoms in total. The van der Waals surface area contributed by atoms with Crippen molar-refractivity contribution in [3.8, 4) is 5.75 Å². The maximum atomic E-state index is 13.3. The van der Waals surface area contributed by atoms with Crippen molar-refractivity contribution >= 4 is 11.5 Å². The molecule has 3 rings (SSSR count). The standard InChI is InChI=1S/C17H16F3N3O/c1-21-15-11-7-5-9-13(24-2)14(11)22-16(23-15)10-6-3-4-8-12(10)17(18,19)20/h3-9,16,22H,1-2H3,(H,21,23). The van der Waals surface area contributed by atoms with Gasteiger partial charge >= 0.3 is 6.18 Å². The van der Waals surface area contributed by atoms with Crippen LogP contribution in [0, 0.1) is 0 Å². The molecule has 126 valence electrons. The van der Waals surface area contributed by atoms with Gasteiger partial charge in [0.05, 0.1) is 18.4 Å². The molecule has 2 N–H and O–H groups in total. The van der Waals surface area contributed by atoms with Gasteiger partial charge in [-0.2, -0.15) is 13.2 Å². The van der Waals surface area contributed by atoms with Gasteiger partial charge in [0.25, 0.3) is 0 Å². The SMILES string of the molecule is CN=C1NC(c2ccccc2C(F)(F)F)Nc2c(OC)cccc21. The summed E-state index contributed by atoms with van der Waals surface area (Å²) in [5.41, 5.74) is 0.769. The van der Waals surface area contributed by atoms with E-state index in [4.69, 9.17) is 4.74 Å². The summed E-state index contributed by atoms with van der Waals surface area (Å²) in [6, 6.07) is 10.8. The van der Waals surface area contributed by atoms with Crippen molar-refractivity contribution in [2.45, 2.75) is 12.3 Å². The average Bonchev–Trinajstić information content (AvgIpc) is 2.59. The van der Waals surface area contributed by atoms with Crippen LogP contribution < -0.4 is 15.4 Å². The molecule has 0 spiro atoms. The van der Waals surface area contributed by atoms with Gasteiger partial charge in [-0.1, -0.05) is 24.3 Å². The number of rotatable bonds is 2. The first-order chi connectivity index (χ1) is 11.5. The highest BCUT2D eigenvalue weighted by Crippen LogP contribution is 2.39. The van der Waals surface area contributed by atoms with Gasteiger partial charge in [-0.05, 0) is 18.2 Å². The molecule has 1 unspecified atom stereocenters. The van der Waals surface area contributed by atoms with Crippen molar-refractivity contribution in [2.75, 3.05) is 19.5 Å². The fraction of sp³-hybridized carbons (Fsp3) is 0.235. The van der Waals surface area contributed by atoms with E-state index in [-0.39, 0.29) is 5.56 Å². The van der Waals surface area contributed by atoms with Crippen molar-refractivity contribution in [1.29, 1.82) is 0 Å². The van der Waals surface area contributed by atoms with Crippen LogP contribution >= 0.6 is 0 Å². The molecular formula is C17H16F3N3O. The maximum absolute atomic E-state index is 13.3. The number of fused-ring (bicyclic) bond motifs is 1. The Kier molecular flexibility index (Phi) is 4.09. The zero-order valence-electron chi connectivity index (χ0n) is 13.1. The van der Waals surface area contributed by atoms with Crippen molar-refractivity contribution in [1.82, 2.24) is 5.32 Å². The van der Waals surface area contributed by atoms with Crippen LogP contribution in [-0.2, 0) is 6.18 Å². The Morgan fingerprint density at radius 2 is 1.79 bits per heavy atom. The van der Waals surface area contributed by atoms with Crippen LogP contribution in [0.25, 0.3) is 0 Å². The van der Waals surface area contributed by atoms with E-state index in [0.717, 1.165) is 11.6 Å². The normalized spacial score (nSPS) is 18.5. The Morgan fingerprint density at radius 3 is 2.46 bits per heavy atom. The van der Waals surface area contributed by atoms with Crippen molar-refractivity contribution < 1.29 is 17.9 Å². The molecule has 24 heavy (non-hydrogen) atoms. The van der Waals surface area contributed by atoms with Crippen molar-refractivity contribution in [2.24, 2.45) is 4.99 Å². The van der Waals surface area contributed by atoms with Gasteiger partial charge in [-0.3, -0.25) is 4.99 Å². The Balaban J connectivity index is 2.10. The molecular weight excluding hydrogens is 319 g/mol. The van der Waals surface area contributed by atoms with E-state index < -0.39 is 17.9 Å². The molecule has 0 saturated heterocycles. The fourth-order valence-electron chi connectivity index (χ4n) is 2.79. The number of alkyl halides is 3. The monoisotopic (exact) mass is 335 g/mol. The quantitative estimate of drug-likeness (QED) is 0.877. The molecule has 0 fully saturated rings. The minimum atomic E-state index is -4.44. The molecule has 0 amide bonds. The maximum Gasteiger partial charge on any atom is 0.416 e. The number of methoxy groups -OCH3 is 1. The summed E-state index contributed by atoms with van der Waals surface area (Å²) in [5.74, 6) is 1.05. The second-order valence-corrected chi connectivity index (χ2v) is 5.26. The third-order valence-corrected chi connectivity index (χ3v) is 3.87. The minimum Gasteiger partial charge on any atom is -0.495 e. The largest absolute Gasteiger partial charge is 0.495 e. The molecule has 0 aromatic heterocycles. The van der Waals surface area contributed by atoms with Crippen LogP contribution in [-0.4, -0.2) is 20.0 Å². The molecule has 7 heteroatoms. The van der Waals surface area contributed by atoms with Gasteiger partial charge in [-0.25, -0.2) is 0 Å². The molecule has 0 radical (unpaired) electrons. The lowest BCUT2D eigenvalue weighted by atomic mass is 10.0. The van der Waals surface area contributed by atoms with E-state index in [2.05, 4.69) is 15.6 Å². The first kappa shape index (κ1) is 16.2. The number of anilines is 1. The van der Waals surface area contributed by atoms with Gasteiger partial charge in [0.1, 0.15) is 17.8 Å². The van der Waals surface area contributed by atoms with Crippen molar-refractivity contribution in [3.05, 3.63) is 59.2 Å². The predicted octanol–water partition coefficient (Wildman–Crippen LogP) is 3.80. The molecule has 1 heterocycles. The van der Waals surface area contributed by atoms with E-state index in [1.807, 2.05) is 6.07 Å². The lowest BCUT2D eigenvalue weighted by molar-refractivity contribution is -0.138. The number of hydrogen-bond acceptors (Lipinski definition) is 3. The summed E-state index contributed by atoms with van der Waals surface area (Å²) in [6.07, 6.45) is -5.21. The summed E-state index contributed by atoms with van der Waals surface area (Å²) in [7, 11) is 3.10. The highest BCUT2D eigenvalue weighted by atomic mass is 19.4. The number of aliphatic imine (C=N–C) groups is 1. The number of hydrogen-bond donors (Lipinski definition) is 2. The van der Waals surface area contributed by atoms with Gasteiger partial charge in [0.2, 0.25) is 0 Å². The lowest BCUT2D eigenvalue weighted by Gasteiger charge is -2.32. The number of ether oxygens (including phenoxy) is 1. The summed E-state index contributed by atoms with van der Waals surface area (Å²) >= 11 is 0. The Labute approximate surface area is 137 Å². The Hall–Kier alpha value is -2.70. The van der Waals surface area contributed by atoms with Crippen LogP contribution in [0.3, 0.4) is 0 Å². The van der Waals surface area contributed by atoms with E-state index >= 15 is 0 Å². The zero-order valence-corrected chi connectivity index (χ0v) is 13.1. The number of para-hydroxylation sites is 1. The van der Waals surface area contributed by atoms with E-state index in [1.54, 1.807) is 25.2 Å². The van der Waals surface area contributed by atoms with Gasteiger partial charge < -0.3 is 15.4 Å². The second kappa shape index (κ2) is 6.07. The molecule has 0 aliphatic carbocycles. The van der Waals surface area contributed by atoms with E-state index in [1.165, 1.54) is 19.2 Å². The van der Waals surface area contributed by atoms with Crippen LogP contribution in [0.5, 0.6) is 5.75 Å². The van der Waals surface area contributed by atoms with Crippen LogP contribution in [0.1, 0.15) is 22.9 Å². The number of halogens is 3. The molecule has 1 aliphatic heterocycles. The van der Waals surface area contributed by atoms with Gasteiger partial charge in [-0.15, -0.1) is 0 Å².